The number of benzene rings is 1. The number of hydrogen-bond acceptors (Lipinski definition) is 4. The maximum absolute atomic E-state index is 12.1. The molecule has 1 N–H and O–H groups in total. The van der Waals surface area contributed by atoms with Crippen molar-refractivity contribution in [1.82, 2.24) is 10.2 Å². The molecule has 0 radical (unpaired) electrons. The van der Waals surface area contributed by atoms with Crippen LogP contribution in [0.5, 0.6) is 0 Å². The smallest absolute Gasteiger partial charge is 0.270 e. The van der Waals surface area contributed by atoms with Crippen LogP contribution in [0.2, 0.25) is 5.02 Å². The summed E-state index contributed by atoms with van der Waals surface area (Å²) in [5.74, 6) is 0.191. The minimum absolute atomic E-state index is 0.102. The number of non-ortho nitro benzene ring substituents is 1. The van der Waals surface area contributed by atoms with Crippen molar-refractivity contribution in [3.8, 4) is 0 Å². The molecule has 1 saturated heterocycles. The molecule has 0 spiro atoms. The van der Waals surface area contributed by atoms with Gasteiger partial charge in [0.2, 0.25) is 0 Å². The van der Waals surface area contributed by atoms with Crippen LogP contribution in [-0.2, 0) is 0 Å². The molecule has 1 fully saturated rings. The summed E-state index contributed by atoms with van der Waals surface area (Å²) in [5.41, 5.74) is 0.155. The fourth-order valence-corrected chi connectivity index (χ4v) is 2.66. The van der Waals surface area contributed by atoms with Gasteiger partial charge in [-0.2, -0.15) is 0 Å². The van der Waals surface area contributed by atoms with Crippen LogP contribution in [0.3, 0.4) is 0 Å². The topological polar surface area (TPSA) is 75.5 Å². The summed E-state index contributed by atoms with van der Waals surface area (Å²) in [5, 5.41) is 13.6. The highest BCUT2D eigenvalue weighted by Crippen LogP contribution is 2.22. The lowest BCUT2D eigenvalue weighted by molar-refractivity contribution is -0.384. The van der Waals surface area contributed by atoms with Crippen LogP contribution in [0.25, 0.3) is 0 Å². The van der Waals surface area contributed by atoms with Gasteiger partial charge in [-0.05, 0) is 45.0 Å². The zero-order valence-electron chi connectivity index (χ0n) is 11.8. The van der Waals surface area contributed by atoms with E-state index in [0.29, 0.717) is 12.5 Å². The van der Waals surface area contributed by atoms with Gasteiger partial charge in [-0.1, -0.05) is 11.6 Å². The number of likely N-dealkylation sites (tertiary alicyclic amines) is 1. The maximum Gasteiger partial charge on any atom is 0.270 e. The first-order chi connectivity index (χ1) is 9.97. The van der Waals surface area contributed by atoms with Crippen molar-refractivity contribution in [1.29, 1.82) is 0 Å². The molecule has 1 aromatic carbocycles. The lowest BCUT2D eigenvalue weighted by atomic mass is 9.97. The Bertz CT molecular complexity index is 542. The number of halogens is 1. The summed E-state index contributed by atoms with van der Waals surface area (Å²) in [6.07, 6.45) is 2.12. The van der Waals surface area contributed by atoms with E-state index in [1.165, 1.54) is 18.2 Å². The van der Waals surface area contributed by atoms with Crippen molar-refractivity contribution < 1.29 is 9.72 Å². The largest absolute Gasteiger partial charge is 0.352 e. The second kappa shape index (κ2) is 6.87. The van der Waals surface area contributed by atoms with E-state index >= 15 is 0 Å². The zero-order chi connectivity index (χ0) is 15.4. The van der Waals surface area contributed by atoms with Gasteiger partial charge in [0.1, 0.15) is 0 Å². The highest BCUT2D eigenvalue weighted by atomic mass is 35.5. The summed E-state index contributed by atoms with van der Waals surface area (Å²) < 4.78 is 0. The number of amides is 1. The average Bonchev–Trinajstić information content (AvgIpc) is 2.46. The molecule has 114 valence electrons. The van der Waals surface area contributed by atoms with Gasteiger partial charge in [-0.25, -0.2) is 0 Å². The number of hydrogen-bond donors (Lipinski definition) is 1. The van der Waals surface area contributed by atoms with E-state index in [1.54, 1.807) is 0 Å². The second-order valence-electron chi connectivity index (χ2n) is 5.38. The Morgan fingerprint density at radius 1 is 1.48 bits per heavy atom. The molecular formula is C14H18ClN3O3. The van der Waals surface area contributed by atoms with Gasteiger partial charge in [0.05, 0.1) is 15.5 Å². The predicted molar refractivity (Wildman–Crippen MR) is 80.7 cm³/mol. The molecule has 1 heterocycles. The fraction of sp³-hybridized carbons (Fsp3) is 0.500. The normalized spacial score (nSPS) is 16.7. The molecule has 21 heavy (non-hydrogen) atoms. The van der Waals surface area contributed by atoms with Crippen molar-refractivity contribution in [3.05, 3.63) is 38.9 Å². The van der Waals surface area contributed by atoms with Crippen LogP contribution in [-0.4, -0.2) is 42.4 Å². The Labute approximate surface area is 128 Å². The number of nitrogens with zero attached hydrogens (tertiary/aromatic N) is 2. The Morgan fingerprint density at radius 2 is 2.14 bits per heavy atom. The standard InChI is InChI=1S/C14H18ClN3O3/c1-17-6-4-10(5-7-17)9-16-14(19)12-3-2-11(18(20)21)8-13(12)15/h2-3,8,10H,4-7,9H2,1H3,(H,16,19). The molecule has 1 aromatic rings. The van der Waals surface area contributed by atoms with Gasteiger partial charge in [0.15, 0.2) is 0 Å². The third-order valence-corrected chi connectivity index (χ3v) is 4.11. The third kappa shape index (κ3) is 4.15. The summed E-state index contributed by atoms with van der Waals surface area (Å²) >= 11 is 5.94. The molecule has 1 aliphatic heterocycles. The average molecular weight is 312 g/mol. The van der Waals surface area contributed by atoms with E-state index in [4.69, 9.17) is 11.6 Å². The summed E-state index contributed by atoms with van der Waals surface area (Å²) in [7, 11) is 2.09. The van der Waals surface area contributed by atoms with Gasteiger partial charge in [0, 0.05) is 18.7 Å². The number of nitrogens with one attached hydrogen (secondary N) is 1. The lowest BCUT2D eigenvalue weighted by Gasteiger charge is -2.28. The van der Waals surface area contributed by atoms with Crippen LogP contribution in [0.1, 0.15) is 23.2 Å². The summed E-state index contributed by atoms with van der Waals surface area (Å²) in [6, 6.07) is 3.88. The molecular weight excluding hydrogens is 294 g/mol. The molecule has 7 heteroatoms. The Hall–Kier alpha value is -1.66. The highest BCUT2D eigenvalue weighted by molar-refractivity contribution is 6.34. The zero-order valence-corrected chi connectivity index (χ0v) is 12.6. The molecule has 1 amide bonds. The van der Waals surface area contributed by atoms with Gasteiger partial charge in [0.25, 0.3) is 11.6 Å². The first-order valence-electron chi connectivity index (χ1n) is 6.88. The number of piperidine rings is 1. The minimum Gasteiger partial charge on any atom is -0.352 e. The van der Waals surface area contributed by atoms with Gasteiger partial charge >= 0.3 is 0 Å². The van der Waals surface area contributed by atoms with Crippen molar-refractivity contribution in [2.24, 2.45) is 5.92 Å². The third-order valence-electron chi connectivity index (χ3n) is 3.80. The van der Waals surface area contributed by atoms with E-state index in [9.17, 15) is 14.9 Å². The van der Waals surface area contributed by atoms with Crippen molar-refractivity contribution in [3.63, 3.8) is 0 Å². The summed E-state index contributed by atoms with van der Waals surface area (Å²) in [6.45, 7) is 2.69. The molecule has 6 nitrogen and oxygen atoms in total. The van der Waals surface area contributed by atoms with E-state index in [2.05, 4.69) is 17.3 Å². The van der Waals surface area contributed by atoms with E-state index in [-0.39, 0.29) is 22.2 Å². The van der Waals surface area contributed by atoms with Gasteiger partial charge < -0.3 is 10.2 Å². The number of nitro benzene ring substituents is 1. The van der Waals surface area contributed by atoms with E-state index in [0.717, 1.165) is 25.9 Å². The molecule has 0 aromatic heterocycles. The predicted octanol–water partition coefficient (Wildman–Crippen LogP) is 2.32. The Morgan fingerprint density at radius 3 is 2.71 bits per heavy atom. The second-order valence-corrected chi connectivity index (χ2v) is 5.79. The van der Waals surface area contributed by atoms with Gasteiger partial charge in [-0.15, -0.1) is 0 Å². The maximum atomic E-state index is 12.1. The number of carbonyl (C=O) groups excluding carboxylic acids is 1. The number of rotatable bonds is 4. The quantitative estimate of drug-likeness (QED) is 0.684. The molecule has 1 aliphatic rings. The van der Waals surface area contributed by atoms with Crippen LogP contribution in [0.15, 0.2) is 18.2 Å². The summed E-state index contributed by atoms with van der Waals surface area (Å²) in [4.78, 5) is 24.4. The monoisotopic (exact) mass is 311 g/mol. The Kier molecular flexibility index (Phi) is 5.14. The van der Waals surface area contributed by atoms with Crippen molar-refractivity contribution >= 4 is 23.2 Å². The number of carbonyl (C=O) groups is 1. The van der Waals surface area contributed by atoms with Crippen molar-refractivity contribution in [2.75, 3.05) is 26.7 Å². The molecule has 2 rings (SSSR count). The molecule has 0 aliphatic carbocycles. The first-order valence-corrected chi connectivity index (χ1v) is 7.26. The van der Waals surface area contributed by atoms with Crippen LogP contribution >= 0.6 is 11.6 Å². The van der Waals surface area contributed by atoms with Crippen LogP contribution in [0.4, 0.5) is 5.69 Å². The highest BCUT2D eigenvalue weighted by Gasteiger charge is 2.19. The molecule has 0 bridgehead atoms. The van der Waals surface area contributed by atoms with Crippen LogP contribution in [0, 0.1) is 16.0 Å². The molecule has 0 saturated carbocycles. The number of nitro groups is 1. The van der Waals surface area contributed by atoms with Crippen LogP contribution < -0.4 is 5.32 Å². The Balaban J connectivity index is 1.93. The SMILES string of the molecule is CN1CCC(CNC(=O)c2ccc([N+](=O)[O-])cc2Cl)CC1. The molecule has 0 unspecified atom stereocenters. The van der Waals surface area contributed by atoms with E-state index in [1.807, 2.05) is 0 Å². The minimum atomic E-state index is -0.536. The van der Waals surface area contributed by atoms with E-state index < -0.39 is 4.92 Å². The first kappa shape index (κ1) is 15.7. The van der Waals surface area contributed by atoms with Gasteiger partial charge in [-0.3, -0.25) is 14.9 Å². The lowest BCUT2D eigenvalue weighted by Crippen LogP contribution is -2.36. The molecule has 0 atom stereocenters. The fourth-order valence-electron chi connectivity index (χ4n) is 2.40. The van der Waals surface area contributed by atoms with Crippen molar-refractivity contribution in [2.45, 2.75) is 12.8 Å².